The molecule has 84 valence electrons. The fraction of sp³-hybridized carbons (Fsp3) is 0.111. The molecule has 0 atom stereocenters. The maximum Gasteiger partial charge on any atom is 0.253 e. The second-order valence-corrected chi connectivity index (χ2v) is 3.69. The Balaban J connectivity index is 2.52. The Bertz CT molecular complexity index is 550. The van der Waals surface area contributed by atoms with E-state index < -0.39 is 0 Å². The van der Waals surface area contributed by atoms with Gasteiger partial charge in [-0.2, -0.15) is 0 Å². The van der Waals surface area contributed by atoms with Crippen LogP contribution in [0.5, 0.6) is 0 Å². The molecular formula is C9H10ClN5O. The molecule has 0 aliphatic heterocycles. The minimum atomic E-state index is -0.346. The third-order valence-electron chi connectivity index (χ3n) is 2.20. The molecule has 0 radical (unpaired) electrons. The van der Waals surface area contributed by atoms with Gasteiger partial charge in [0.05, 0.1) is 11.0 Å². The number of aromatic nitrogens is 2. The lowest BCUT2D eigenvalue weighted by molar-refractivity contribution is -0.121. The second-order valence-electron chi connectivity index (χ2n) is 3.26. The van der Waals surface area contributed by atoms with Crippen molar-refractivity contribution in [3.05, 3.63) is 23.2 Å². The number of nitrogens with one attached hydrogen (secondary N) is 1. The van der Waals surface area contributed by atoms with E-state index in [9.17, 15) is 4.79 Å². The van der Waals surface area contributed by atoms with Gasteiger partial charge in [-0.3, -0.25) is 10.2 Å². The van der Waals surface area contributed by atoms with Crippen LogP contribution in [-0.4, -0.2) is 15.5 Å². The summed E-state index contributed by atoms with van der Waals surface area (Å²) in [5.74, 6) is 4.92. The predicted molar refractivity (Wildman–Crippen MR) is 61.5 cm³/mol. The number of nitrogen functional groups attached to an aromatic ring is 1. The summed E-state index contributed by atoms with van der Waals surface area (Å²) in [6, 6.07) is 5.15. The summed E-state index contributed by atoms with van der Waals surface area (Å²) in [6.45, 7) is 0.0282. The van der Waals surface area contributed by atoms with Crippen molar-refractivity contribution in [3.8, 4) is 0 Å². The van der Waals surface area contributed by atoms with Gasteiger partial charge in [0.1, 0.15) is 6.54 Å². The lowest BCUT2D eigenvalue weighted by atomic mass is 10.3. The predicted octanol–water partition coefficient (Wildman–Crippen LogP) is 0.262. The quantitative estimate of drug-likeness (QED) is 0.398. The Labute approximate surface area is 96.1 Å². The van der Waals surface area contributed by atoms with E-state index in [1.807, 2.05) is 5.43 Å². The summed E-state index contributed by atoms with van der Waals surface area (Å²) in [6.07, 6.45) is 0. The number of nitrogens with zero attached hydrogens (tertiary/aromatic N) is 2. The SMILES string of the molecule is NNC(=O)Cn1c(N)nc2cc(Cl)ccc21. The van der Waals surface area contributed by atoms with E-state index in [-0.39, 0.29) is 18.4 Å². The molecule has 0 saturated heterocycles. The molecule has 6 nitrogen and oxygen atoms in total. The van der Waals surface area contributed by atoms with E-state index in [0.29, 0.717) is 10.5 Å². The zero-order valence-electron chi connectivity index (χ0n) is 8.27. The zero-order valence-corrected chi connectivity index (χ0v) is 9.03. The zero-order chi connectivity index (χ0) is 11.7. The molecule has 7 heteroatoms. The summed E-state index contributed by atoms with van der Waals surface area (Å²) < 4.78 is 1.56. The van der Waals surface area contributed by atoms with Crippen LogP contribution in [0.25, 0.3) is 11.0 Å². The molecule has 1 heterocycles. The van der Waals surface area contributed by atoms with Crippen LogP contribution < -0.4 is 17.0 Å². The molecule has 5 N–H and O–H groups in total. The molecule has 0 spiro atoms. The number of fused-ring (bicyclic) bond motifs is 1. The summed E-state index contributed by atoms with van der Waals surface area (Å²) in [7, 11) is 0. The molecule has 16 heavy (non-hydrogen) atoms. The Morgan fingerprint density at radius 2 is 2.31 bits per heavy atom. The molecule has 0 fully saturated rings. The molecule has 0 unspecified atom stereocenters. The van der Waals surface area contributed by atoms with Crippen molar-refractivity contribution in [1.29, 1.82) is 0 Å². The fourth-order valence-corrected chi connectivity index (χ4v) is 1.64. The van der Waals surface area contributed by atoms with Crippen molar-refractivity contribution in [1.82, 2.24) is 15.0 Å². The van der Waals surface area contributed by atoms with E-state index in [4.69, 9.17) is 23.2 Å². The van der Waals surface area contributed by atoms with Gasteiger partial charge in [-0.25, -0.2) is 10.8 Å². The number of rotatable bonds is 2. The van der Waals surface area contributed by atoms with Gasteiger partial charge in [-0.05, 0) is 18.2 Å². The first kappa shape index (κ1) is 10.7. The highest BCUT2D eigenvalue weighted by Crippen LogP contribution is 2.21. The first-order chi connectivity index (χ1) is 7.61. The molecule has 1 aromatic heterocycles. The van der Waals surface area contributed by atoms with E-state index in [0.717, 1.165) is 5.52 Å². The number of nitrogens with two attached hydrogens (primary N) is 2. The lowest BCUT2D eigenvalue weighted by Crippen LogP contribution is -2.33. The van der Waals surface area contributed by atoms with Crippen molar-refractivity contribution in [3.63, 3.8) is 0 Å². The molecule has 0 aliphatic carbocycles. The van der Waals surface area contributed by atoms with E-state index >= 15 is 0 Å². The van der Waals surface area contributed by atoms with E-state index in [1.54, 1.807) is 22.8 Å². The normalized spacial score (nSPS) is 10.6. The third-order valence-corrected chi connectivity index (χ3v) is 2.44. The molecule has 0 aliphatic rings. The Morgan fingerprint density at radius 3 is 3.00 bits per heavy atom. The molecule has 0 bridgehead atoms. The number of carbonyl (C=O) groups excluding carboxylic acids is 1. The van der Waals surface area contributed by atoms with Gasteiger partial charge in [0.15, 0.2) is 0 Å². The van der Waals surface area contributed by atoms with Crippen LogP contribution in [0.15, 0.2) is 18.2 Å². The van der Waals surface area contributed by atoms with Crippen LogP contribution in [0.1, 0.15) is 0 Å². The van der Waals surface area contributed by atoms with Crippen LogP contribution in [-0.2, 0) is 11.3 Å². The van der Waals surface area contributed by atoms with Crippen LogP contribution in [0.3, 0.4) is 0 Å². The van der Waals surface area contributed by atoms with Crippen molar-refractivity contribution >= 4 is 34.5 Å². The molecule has 2 aromatic rings. The number of anilines is 1. The smallest absolute Gasteiger partial charge is 0.253 e. The van der Waals surface area contributed by atoms with Crippen molar-refractivity contribution in [2.24, 2.45) is 5.84 Å². The van der Waals surface area contributed by atoms with Crippen LogP contribution in [0.2, 0.25) is 5.02 Å². The van der Waals surface area contributed by atoms with Crippen LogP contribution in [0.4, 0.5) is 5.95 Å². The number of hydrazine groups is 1. The monoisotopic (exact) mass is 239 g/mol. The number of carbonyl (C=O) groups is 1. The topological polar surface area (TPSA) is 99.0 Å². The molecule has 0 saturated carbocycles. The number of imidazole rings is 1. The maximum atomic E-state index is 11.2. The second kappa shape index (κ2) is 3.99. The first-order valence-corrected chi connectivity index (χ1v) is 4.90. The van der Waals surface area contributed by atoms with Crippen molar-refractivity contribution in [2.45, 2.75) is 6.54 Å². The number of amides is 1. The largest absolute Gasteiger partial charge is 0.369 e. The number of benzene rings is 1. The number of hydrogen-bond acceptors (Lipinski definition) is 4. The molecule has 1 aromatic carbocycles. The minimum absolute atomic E-state index is 0.0282. The summed E-state index contributed by atoms with van der Waals surface area (Å²) in [5.41, 5.74) is 9.12. The van der Waals surface area contributed by atoms with Gasteiger partial charge in [0.25, 0.3) is 5.91 Å². The van der Waals surface area contributed by atoms with Gasteiger partial charge in [0.2, 0.25) is 5.95 Å². The summed E-state index contributed by atoms with van der Waals surface area (Å²) >= 11 is 5.82. The summed E-state index contributed by atoms with van der Waals surface area (Å²) in [5, 5.41) is 0.570. The molecular weight excluding hydrogens is 230 g/mol. The lowest BCUT2D eigenvalue weighted by Gasteiger charge is -2.04. The van der Waals surface area contributed by atoms with Crippen LogP contribution >= 0.6 is 11.6 Å². The number of halogens is 1. The Morgan fingerprint density at radius 1 is 1.56 bits per heavy atom. The third kappa shape index (κ3) is 1.80. The van der Waals surface area contributed by atoms with E-state index in [1.165, 1.54) is 0 Å². The van der Waals surface area contributed by atoms with Crippen LogP contribution in [0, 0.1) is 0 Å². The first-order valence-electron chi connectivity index (χ1n) is 4.52. The van der Waals surface area contributed by atoms with Gasteiger partial charge in [-0.1, -0.05) is 11.6 Å². The van der Waals surface area contributed by atoms with Gasteiger partial charge >= 0.3 is 0 Å². The standard InChI is InChI=1S/C9H10ClN5O/c10-5-1-2-7-6(3-5)13-9(11)15(7)4-8(16)14-12/h1-3H,4,12H2,(H2,11,13)(H,14,16). The van der Waals surface area contributed by atoms with Crippen molar-refractivity contribution in [2.75, 3.05) is 5.73 Å². The highest BCUT2D eigenvalue weighted by Gasteiger charge is 2.10. The van der Waals surface area contributed by atoms with Gasteiger partial charge < -0.3 is 10.3 Å². The highest BCUT2D eigenvalue weighted by atomic mass is 35.5. The Hall–Kier alpha value is -1.79. The average molecular weight is 240 g/mol. The summed E-state index contributed by atoms with van der Waals surface area (Å²) in [4.78, 5) is 15.3. The van der Waals surface area contributed by atoms with E-state index in [2.05, 4.69) is 4.98 Å². The fourth-order valence-electron chi connectivity index (χ4n) is 1.48. The van der Waals surface area contributed by atoms with Crippen molar-refractivity contribution < 1.29 is 4.79 Å². The molecule has 2 rings (SSSR count). The van der Waals surface area contributed by atoms with Gasteiger partial charge in [0, 0.05) is 5.02 Å². The van der Waals surface area contributed by atoms with Gasteiger partial charge in [-0.15, -0.1) is 0 Å². The highest BCUT2D eigenvalue weighted by molar-refractivity contribution is 6.31. The number of hydrogen-bond donors (Lipinski definition) is 3. The minimum Gasteiger partial charge on any atom is -0.369 e. The maximum absolute atomic E-state index is 11.2. The average Bonchev–Trinajstić information content (AvgIpc) is 2.54. The molecule has 1 amide bonds. The Kier molecular flexibility index (Phi) is 2.67.